The fraction of sp³-hybridized carbons (Fsp3) is 0.429. The summed E-state index contributed by atoms with van der Waals surface area (Å²) in [6, 6.07) is 3.75. The van der Waals surface area contributed by atoms with E-state index in [1.165, 1.54) is 12.8 Å². The molecule has 2 heterocycles. The zero-order valence-electron chi connectivity index (χ0n) is 10.9. The van der Waals surface area contributed by atoms with Crippen molar-refractivity contribution in [1.29, 1.82) is 0 Å². The first-order valence-corrected chi connectivity index (χ1v) is 6.32. The molecule has 1 N–H and O–H groups in total. The second kappa shape index (κ2) is 5.67. The molecule has 1 amide bonds. The quantitative estimate of drug-likeness (QED) is 0.832. The van der Waals surface area contributed by atoms with Gasteiger partial charge in [-0.15, -0.1) is 0 Å². The zero-order valence-corrected chi connectivity index (χ0v) is 10.9. The van der Waals surface area contributed by atoms with Crippen LogP contribution in [-0.2, 0) is 4.79 Å². The molecule has 0 spiro atoms. The minimum absolute atomic E-state index is 0.0940. The van der Waals surface area contributed by atoms with Gasteiger partial charge in [0.25, 0.3) is 0 Å². The van der Waals surface area contributed by atoms with Gasteiger partial charge in [-0.3, -0.25) is 4.79 Å². The van der Waals surface area contributed by atoms with E-state index in [1.54, 1.807) is 12.3 Å². The molecule has 0 bridgehead atoms. The minimum atomic E-state index is -0.0940. The number of rotatable bonds is 3. The second-order valence-corrected chi connectivity index (χ2v) is 4.78. The lowest BCUT2D eigenvalue weighted by atomic mass is 10.3. The van der Waals surface area contributed by atoms with Crippen molar-refractivity contribution in [2.75, 3.05) is 23.3 Å². The van der Waals surface area contributed by atoms with Gasteiger partial charge in [0, 0.05) is 25.4 Å². The number of pyridine rings is 1. The van der Waals surface area contributed by atoms with Crippen LogP contribution in [0.15, 0.2) is 30.0 Å². The van der Waals surface area contributed by atoms with Crippen LogP contribution in [0.4, 0.5) is 11.5 Å². The van der Waals surface area contributed by atoms with E-state index < -0.39 is 0 Å². The van der Waals surface area contributed by atoms with Crippen LogP contribution in [0.1, 0.15) is 26.7 Å². The number of carbonyl (C=O) groups excluding carboxylic acids is 1. The third-order valence-electron chi connectivity index (χ3n) is 2.87. The predicted molar refractivity (Wildman–Crippen MR) is 73.7 cm³/mol. The van der Waals surface area contributed by atoms with E-state index >= 15 is 0 Å². The lowest BCUT2D eigenvalue weighted by Crippen LogP contribution is -2.21. The van der Waals surface area contributed by atoms with Crippen LogP contribution in [0, 0.1) is 0 Å². The molecule has 0 unspecified atom stereocenters. The Hall–Kier alpha value is -1.84. The SMILES string of the molecule is CC(C)=CC(=O)Nc1cccnc1N1CCCC1. The van der Waals surface area contributed by atoms with Crippen LogP contribution >= 0.6 is 0 Å². The van der Waals surface area contributed by atoms with Crippen LogP contribution in [0.25, 0.3) is 0 Å². The molecule has 0 aliphatic carbocycles. The van der Waals surface area contributed by atoms with Crippen molar-refractivity contribution in [3.63, 3.8) is 0 Å². The summed E-state index contributed by atoms with van der Waals surface area (Å²) in [6.07, 6.45) is 5.75. The molecular weight excluding hydrogens is 226 g/mol. The summed E-state index contributed by atoms with van der Waals surface area (Å²) in [4.78, 5) is 18.4. The highest BCUT2D eigenvalue weighted by Crippen LogP contribution is 2.25. The minimum Gasteiger partial charge on any atom is -0.355 e. The molecule has 0 radical (unpaired) electrons. The molecule has 1 fully saturated rings. The maximum absolute atomic E-state index is 11.8. The summed E-state index contributed by atoms with van der Waals surface area (Å²) in [7, 11) is 0. The van der Waals surface area contributed by atoms with Crippen molar-refractivity contribution in [2.45, 2.75) is 26.7 Å². The molecule has 18 heavy (non-hydrogen) atoms. The first-order valence-electron chi connectivity index (χ1n) is 6.32. The largest absolute Gasteiger partial charge is 0.355 e. The molecule has 0 saturated carbocycles. The van der Waals surface area contributed by atoms with Gasteiger partial charge >= 0.3 is 0 Å². The van der Waals surface area contributed by atoms with E-state index in [-0.39, 0.29) is 5.91 Å². The number of allylic oxidation sites excluding steroid dienone is 1. The Morgan fingerprint density at radius 3 is 2.78 bits per heavy atom. The molecule has 2 rings (SSSR count). The Kier molecular flexibility index (Phi) is 3.97. The molecule has 1 aliphatic rings. The highest BCUT2D eigenvalue weighted by Gasteiger charge is 2.17. The number of amides is 1. The smallest absolute Gasteiger partial charge is 0.248 e. The van der Waals surface area contributed by atoms with Gasteiger partial charge in [-0.2, -0.15) is 0 Å². The van der Waals surface area contributed by atoms with Crippen LogP contribution in [0.5, 0.6) is 0 Å². The molecule has 1 aliphatic heterocycles. The fourth-order valence-corrected chi connectivity index (χ4v) is 2.11. The molecule has 0 atom stereocenters. The Bertz CT molecular complexity index is 458. The summed E-state index contributed by atoms with van der Waals surface area (Å²) in [5.74, 6) is 0.786. The molecular formula is C14H19N3O. The Morgan fingerprint density at radius 2 is 2.11 bits per heavy atom. The number of carbonyl (C=O) groups is 1. The van der Waals surface area contributed by atoms with E-state index in [4.69, 9.17) is 0 Å². The third-order valence-corrected chi connectivity index (χ3v) is 2.87. The van der Waals surface area contributed by atoms with E-state index in [2.05, 4.69) is 15.2 Å². The van der Waals surface area contributed by atoms with Gasteiger partial charge in [0.15, 0.2) is 5.82 Å². The fourth-order valence-electron chi connectivity index (χ4n) is 2.11. The predicted octanol–water partition coefficient (Wildman–Crippen LogP) is 2.59. The van der Waals surface area contributed by atoms with Gasteiger partial charge in [-0.1, -0.05) is 5.57 Å². The van der Waals surface area contributed by atoms with Crippen molar-refractivity contribution in [3.8, 4) is 0 Å². The summed E-state index contributed by atoms with van der Waals surface area (Å²) in [5.41, 5.74) is 1.78. The second-order valence-electron chi connectivity index (χ2n) is 4.78. The monoisotopic (exact) mass is 245 g/mol. The van der Waals surface area contributed by atoms with Crippen LogP contribution in [0.3, 0.4) is 0 Å². The van der Waals surface area contributed by atoms with E-state index in [1.807, 2.05) is 26.0 Å². The van der Waals surface area contributed by atoms with E-state index in [0.717, 1.165) is 30.2 Å². The molecule has 1 saturated heterocycles. The molecule has 0 aromatic carbocycles. The molecule has 1 aromatic rings. The Morgan fingerprint density at radius 1 is 1.39 bits per heavy atom. The average Bonchev–Trinajstić information content (AvgIpc) is 2.81. The van der Waals surface area contributed by atoms with Gasteiger partial charge in [0.05, 0.1) is 5.69 Å². The highest BCUT2D eigenvalue weighted by atomic mass is 16.1. The van der Waals surface area contributed by atoms with E-state index in [0.29, 0.717) is 0 Å². The lowest BCUT2D eigenvalue weighted by molar-refractivity contribution is -0.111. The van der Waals surface area contributed by atoms with Crippen LogP contribution < -0.4 is 10.2 Å². The van der Waals surface area contributed by atoms with Crippen molar-refractivity contribution >= 4 is 17.4 Å². The van der Waals surface area contributed by atoms with Crippen molar-refractivity contribution in [3.05, 3.63) is 30.0 Å². The number of aromatic nitrogens is 1. The van der Waals surface area contributed by atoms with Gasteiger partial charge in [0.2, 0.25) is 5.91 Å². The first-order chi connectivity index (χ1) is 8.66. The third kappa shape index (κ3) is 3.09. The van der Waals surface area contributed by atoms with Crippen LogP contribution in [-0.4, -0.2) is 24.0 Å². The van der Waals surface area contributed by atoms with Gasteiger partial charge in [-0.25, -0.2) is 4.98 Å². The van der Waals surface area contributed by atoms with Gasteiger partial charge in [0.1, 0.15) is 0 Å². The molecule has 96 valence electrons. The number of anilines is 2. The molecule has 4 heteroatoms. The summed E-state index contributed by atoms with van der Waals surface area (Å²) in [6.45, 7) is 5.85. The lowest BCUT2D eigenvalue weighted by Gasteiger charge is -2.19. The van der Waals surface area contributed by atoms with Crippen molar-refractivity contribution < 1.29 is 4.79 Å². The Balaban J connectivity index is 2.17. The number of hydrogen-bond acceptors (Lipinski definition) is 3. The van der Waals surface area contributed by atoms with Gasteiger partial charge in [-0.05, 0) is 38.8 Å². The average molecular weight is 245 g/mol. The standard InChI is InChI=1S/C14H19N3O/c1-11(2)10-13(18)16-12-6-5-7-15-14(12)17-8-3-4-9-17/h5-7,10H,3-4,8-9H2,1-2H3,(H,16,18). The maximum atomic E-state index is 11.8. The summed E-state index contributed by atoms with van der Waals surface area (Å²) in [5, 5.41) is 2.90. The molecule has 1 aromatic heterocycles. The topological polar surface area (TPSA) is 45.2 Å². The summed E-state index contributed by atoms with van der Waals surface area (Å²) < 4.78 is 0. The number of hydrogen-bond donors (Lipinski definition) is 1. The highest BCUT2D eigenvalue weighted by molar-refractivity contribution is 6.01. The number of nitrogens with one attached hydrogen (secondary N) is 1. The van der Waals surface area contributed by atoms with Crippen LogP contribution in [0.2, 0.25) is 0 Å². The summed E-state index contributed by atoms with van der Waals surface area (Å²) >= 11 is 0. The normalized spacial score (nSPS) is 14.4. The van der Waals surface area contributed by atoms with Crippen molar-refractivity contribution in [2.24, 2.45) is 0 Å². The molecule has 4 nitrogen and oxygen atoms in total. The zero-order chi connectivity index (χ0) is 13.0. The number of nitrogens with zero attached hydrogens (tertiary/aromatic N) is 2. The van der Waals surface area contributed by atoms with Crippen molar-refractivity contribution in [1.82, 2.24) is 4.98 Å². The van der Waals surface area contributed by atoms with Gasteiger partial charge < -0.3 is 10.2 Å². The Labute approximate surface area is 108 Å². The first kappa shape index (κ1) is 12.6. The van der Waals surface area contributed by atoms with E-state index in [9.17, 15) is 4.79 Å². The maximum Gasteiger partial charge on any atom is 0.248 e.